The molecule has 0 spiro atoms. The van der Waals surface area contributed by atoms with E-state index in [9.17, 15) is 9.18 Å². The predicted octanol–water partition coefficient (Wildman–Crippen LogP) is 2.03. The Labute approximate surface area is 146 Å². The zero-order valence-corrected chi connectivity index (χ0v) is 13.9. The molecule has 2 heterocycles. The van der Waals surface area contributed by atoms with Gasteiger partial charge in [-0.05, 0) is 18.2 Å². The molecule has 6 nitrogen and oxygen atoms in total. The minimum absolute atomic E-state index is 0.196. The standard InChI is InChI=1S/C18H21FN4O2/c19-16-3-1-2-4-17(16)22-15-11-14(12-20-13-15)18(24)21-5-6-23-7-9-25-10-8-23/h1-4,11-13,22H,5-10H2,(H,21,24). The maximum atomic E-state index is 13.7. The number of nitrogens with zero attached hydrogens (tertiary/aromatic N) is 2. The lowest BCUT2D eigenvalue weighted by molar-refractivity contribution is 0.0383. The van der Waals surface area contributed by atoms with Crippen molar-refractivity contribution < 1.29 is 13.9 Å². The Bertz CT molecular complexity index is 720. The molecular weight excluding hydrogens is 323 g/mol. The van der Waals surface area contributed by atoms with E-state index in [0.717, 1.165) is 32.8 Å². The summed E-state index contributed by atoms with van der Waals surface area (Å²) in [7, 11) is 0. The van der Waals surface area contributed by atoms with Crippen LogP contribution in [0.15, 0.2) is 42.7 Å². The van der Waals surface area contributed by atoms with Crippen LogP contribution in [0.3, 0.4) is 0 Å². The molecule has 1 aliphatic rings. The minimum Gasteiger partial charge on any atom is -0.379 e. The van der Waals surface area contributed by atoms with Crippen molar-refractivity contribution in [2.45, 2.75) is 0 Å². The molecule has 0 bridgehead atoms. The molecule has 25 heavy (non-hydrogen) atoms. The summed E-state index contributed by atoms with van der Waals surface area (Å²) < 4.78 is 19.0. The van der Waals surface area contributed by atoms with Gasteiger partial charge in [-0.25, -0.2) is 4.39 Å². The maximum absolute atomic E-state index is 13.7. The Hall–Kier alpha value is -2.51. The van der Waals surface area contributed by atoms with E-state index in [4.69, 9.17) is 4.74 Å². The summed E-state index contributed by atoms with van der Waals surface area (Å²) in [5, 5.41) is 5.82. The number of halogens is 1. The van der Waals surface area contributed by atoms with Crippen LogP contribution in [0, 0.1) is 5.82 Å². The molecular formula is C18H21FN4O2. The summed E-state index contributed by atoms with van der Waals surface area (Å²) in [5.41, 5.74) is 1.34. The van der Waals surface area contributed by atoms with Crippen molar-refractivity contribution in [3.63, 3.8) is 0 Å². The Morgan fingerprint density at radius 2 is 2.04 bits per heavy atom. The Morgan fingerprint density at radius 1 is 1.24 bits per heavy atom. The van der Waals surface area contributed by atoms with Crippen molar-refractivity contribution in [2.24, 2.45) is 0 Å². The molecule has 0 unspecified atom stereocenters. The molecule has 0 radical (unpaired) electrons. The zero-order valence-electron chi connectivity index (χ0n) is 13.9. The summed E-state index contributed by atoms with van der Waals surface area (Å²) >= 11 is 0. The Morgan fingerprint density at radius 3 is 2.84 bits per heavy atom. The van der Waals surface area contributed by atoms with Crippen molar-refractivity contribution >= 4 is 17.3 Å². The molecule has 2 aromatic rings. The van der Waals surface area contributed by atoms with E-state index in [1.54, 1.807) is 30.5 Å². The molecule has 132 valence electrons. The molecule has 1 aromatic heterocycles. The number of ether oxygens (including phenoxy) is 1. The lowest BCUT2D eigenvalue weighted by Crippen LogP contribution is -2.41. The van der Waals surface area contributed by atoms with Crippen LogP contribution in [0.4, 0.5) is 15.8 Å². The summed E-state index contributed by atoms with van der Waals surface area (Å²) in [4.78, 5) is 18.6. The fourth-order valence-electron chi connectivity index (χ4n) is 2.60. The van der Waals surface area contributed by atoms with Gasteiger partial charge in [-0.1, -0.05) is 12.1 Å². The van der Waals surface area contributed by atoms with Crippen LogP contribution in [0.1, 0.15) is 10.4 Å². The third-order valence-corrected chi connectivity index (χ3v) is 3.97. The van der Waals surface area contributed by atoms with Crippen LogP contribution in [0.2, 0.25) is 0 Å². The second-order valence-electron chi connectivity index (χ2n) is 5.78. The van der Waals surface area contributed by atoms with Crippen LogP contribution >= 0.6 is 0 Å². The van der Waals surface area contributed by atoms with Crippen molar-refractivity contribution in [1.82, 2.24) is 15.2 Å². The minimum atomic E-state index is -0.358. The normalized spacial score (nSPS) is 14.9. The third kappa shape index (κ3) is 4.98. The smallest absolute Gasteiger partial charge is 0.252 e. The molecule has 1 amide bonds. The number of anilines is 2. The van der Waals surface area contributed by atoms with E-state index in [2.05, 4.69) is 20.5 Å². The van der Waals surface area contributed by atoms with Crippen molar-refractivity contribution in [2.75, 3.05) is 44.7 Å². The van der Waals surface area contributed by atoms with Gasteiger partial charge in [0.2, 0.25) is 0 Å². The number of rotatable bonds is 6. The highest BCUT2D eigenvalue weighted by Crippen LogP contribution is 2.19. The lowest BCUT2D eigenvalue weighted by Gasteiger charge is -2.26. The molecule has 1 aliphatic heterocycles. The number of pyridine rings is 1. The number of carbonyl (C=O) groups is 1. The molecule has 1 fully saturated rings. The average molecular weight is 344 g/mol. The molecule has 1 aromatic carbocycles. The summed E-state index contributed by atoms with van der Waals surface area (Å²) in [5.74, 6) is -0.555. The monoisotopic (exact) mass is 344 g/mol. The van der Waals surface area contributed by atoms with E-state index >= 15 is 0 Å². The van der Waals surface area contributed by atoms with Gasteiger partial charge in [0.25, 0.3) is 5.91 Å². The van der Waals surface area contributed by atoms with Crippen molar-refractivity contribution in [3.05, 3.63) is 54.1 Å². The van der Waals surface area contributed by atoms with Gasteiger partial charge in [0.05, 0.1) is 36.3 Å². The number of aromatic nitrogens is 1. The van der Waals surface area contributed by atoms with E-state index in [1.807, 2.05) is 0 Å². The second kappa shape index (κ2) is 8.55. The van der Waals surface area contributed by atoms with Gasteiger partial charge in [-0.15, -0.1) is 0 Å². The van der Waals surface area contributed by atoms with Gasteiger partial charge in [0.15, 0.2) is 0 Å². The van der Waals surface area contributed by atoms with Gasteiger partial charge in [-0.3, -0.25) is 14.7 Å². The lowest BCUT2D eigenvalue weighted by atomic mass is 10.2. The van der Waals surface area contributed by atoms with Crippen LogP contribution in [-0.2, 0) is 4.74 Å². The number of nitrogens with one attached hydrogen (secondary N) is 2. The van der Waals surface area contributed by atoms with Crippen LogP contribution in [0.25, 0.3) is 0 Å². The number of benzene rings is 1. The summed E-state index contributed by atoms with van der Waals surface area (Å²) in [6.45, 7) is 4.60. The Balaban J connectivity index is 1.55. The number of morpholine rings is 1. The number of amides is 1. The highest BCUT2D eigenvalue weighted by atomic mass is 19.1. The fraction of sp³-hybridized carbons (Fsp3) is 0.333. The maximum Gasteiger partial charge on any atom is 0.252 e. The summed E-state index contributed by atoms with van der Waals surface area (Å²) in [6, 6.07) is 8.02. The van der Waals surface area contributed by atoms with Crippen LogP contribution in [-0.4, -0.2) is 55.2 Å². The van der Waals surface area contributed by atoms with E-state index < -0.39 is 0 Å². The molecule has 1 saturated heterocycles. The van der Waals surface area contributed by atoms with Crippen molar-refractivity contribution in [3.8, 4) is 0 Å². The third-order valence-electron chi connectivity index (χ3n) is 3.97. The fourth-order valence-corrected chi connectivity index (χ4v) is 2.60. The van der Waals surface area contributed by atoms with E-state index in [-0.39, 0.29) is 11.7 Å². The van der Waals surface area contributed by atoms with Gasteiger partial charge in [-0.2, -0.15) is 0 Å². The van der Waals surface area contributed by atoms with Gasteiger partial charge in [0, 0.05) is 32.4 Å². The van der Waals surface area contributed by atoms with Crippen LogP contribution in [0.5, 0.6) is 0 Å². The largest absolute Gasteiger partial charge is 0.379 e. The molecule has 3 rings (SSSR count). The zero-order chi connectivity index (χ0) is 17.5. The first kappa shape index (κ1) is 17.3. The van der Waals surface area contributed by atoms with Gasteiger partial charge >= 0.3 is 0 Å². The highest BCUT2D eigenvalue weighted by Gasteiger charge is 2.11. The number of hydrogen-bond acceptors (Lipinski definition) is 5. The number of para-hydroxylation sites is 1. The molecule has 2 N–H and O–H groups in total. The van der Waals surface area contributed by atoms with Gasteiger partial charge < -0.3 is 15.4 Å². The average Bonchev–Trinajstić information content (AvgIpc) is 2.65. The van der Waals surface area contributed by atoms with E-state index in [1.165, 1.54) is 12.3 Å². The molecule has 0 saturated carbocycles. The first-order valence-electron chi connectivity index (χ1n) is 8.27. The van der Waals surface area contributed by atoms with E-state index in [0.29, 0.717) is 23.5 Å². The number of carbonyl (C=O) groups excluding carboxylic acids is 1. The second-order valence-corrected chi connectivity index (χ2v) is 5.78. The summed E-state index contributed by atoms with van der Waals surface area (Å²) in [6.07, 6.45) is 3.05. The van der Waals surface area contributed by atoms with Crippen molar-refractivity contribution in [1.29, 1.82) is 0 Å². The predicted molar refractivity (Wildman–Crippen MR) is 93.5 cm³/mol. The van der Waals surface area contributed by atoms with Gasteiger partial charge in [0.1, 0.15) is 5.82 Å². The molecule has 0 atom stereocenters. The quantitative estimate of drug-likeness (QED) is 0.839. The first-order chi connectivity index (χ1) is 12.2. The first-order valence-corrected chi connectivity index (χ1v) is 8.27. The SMILES string of the molecule is O=C(NCCN1CCOCC1)c1cncc(Nc2ccccc2F)c1. The Kier molecular flexibility index (Phi) is 5.92. The molecule has 0 aliphatic carbocycles. The van der Waals surface area contributed by atoms with Crippen LogP contribution < -0.4 is 10.6 Å². The molecule has 7 heteroatoms. The number of hydrogen-bond donors (Lipinski definition) is 2. The topological polar surface area (TPSA) is 66.5 Å². The highest BCUT2D eigenvalue weighted by molar-refractivity contribution is 5.94.